The molecule has 0 radical (unpaired) electrons. The Kier molecular flexibility index (Phi) is 41.6. The Labute approximate surface area is 549 Å². The fraction of sp³-hybridized carbons (Fsp3) is 0.761. The molecule has 0 aliphatic rings. The van der Waals surface area contributed by atoms with Gasteiger partial charge in [0.2, 0.25) is 59.1 Å². The summed E-state index contributed by atoms with van der Waals surface area (Å²) < 4.78 is 0. The van der Waals surface area contributed by atoms with E-state index >= 15 is 0 Å². The molecule has 0 spiro atoms. The summed E-state index contributed by atoms with van der Waals surface area (Å²) >= 11 is 0. The van der Waals surface area contributed by atoms with Gasteiger partial charge in [0.1, 0.15) is 5.75 Å². The van der Waals surface area contributed by atoms with Crippen LogP contribution in [0, 0.1) is 35.5 Å². The molecule has 0 saturated heterocycles. The highest BCUT2D eigenvalue weighted by Gasteiger charge is 2.31. The van der Waals surface area contributed by atoms with Crippen LogP contribution < -0.4 is 76.5 Å². The van der Waals surface area contributed by atoms with Gasteiger partial charge in [-0.15, -0.1) is 0 Å². The zero-order valence-electron chi connectivity index (χ0n) is 57.7. The monoisotopic (exact) mass is 1300 g/mol. The zero-order chi connectivity index (χ0) is 69.6. The highest BCUT2D eigenvalue weighted by Crippen LogP contribution is 2.18. The molecule has 25 heteroatoms. The van der Waals surface area contributed by atoms with Crippen molar-refractivity contribution in [1.29, 1.82) is 0 Å². The van der Waals surface area contributed by atoms with Crippen molar-refractivity contribution < 1.29 is 53.1 Å². The van der Waals surface area contributed by atoms with Crippen molar-refractivity contribution in [1.82, 2.24) is 47.9 Å². The summed E-state index contributed by atoms with van der Waals surface area (Å²) in [6, 6.07) is 1.14. The first kappa shape index (κ1) is 83.6. The molecular formula is C67H122N14O11. The van der Waals surface area contributed by atoms with Crippen LogP contribution in [-0.4, -0.2) is 144 Å². The Hall–Kier alpha value is -6.44. The van der Waals surface area contributed by atoms with Gasteiger partial charge in [0.05, 0.1) is 0 Å². The minimum absolute atomic E-state index is 0.0133. The number of nitrogens with two attached hydrogens (primary N) is 5. The summed E-state index contributed by atoms with van der Waals surface area (Å²) in [5, 5.41) is 36.5. The fourth-order valence-corrected chi connectivity index (χ4v) is 10.6. The van der Waals surface area contributed by atoms with Gasteiger partial charge < -0.3 is 81.6 Å². The van der Waals surface area contributed by atoms with Gasteiger partial charge in [0.15, 0.2) is 0 Å². The Morgan fingerprint density at radius 2 is 0.565 bits per heavy atom. The number of amides is 10. The van der Waals surface area contributed by atoms with Crippen molar-refractivity contribution in [2.24, 2.45) is 64.2 Å². The maximum Gasteiger partial charge on any atom is 0.222 e. The Morgan fingerprint density at radius 3 is 0.804 bits per heavy atom. The molecule has 10 atom stereocenters. The topological polar surface area (TPSA) is 429 Å². The predicted molar refractivity (Wildman–Crippen MR) is 360 cm³/mol. The zero-order valence-corrected chi connectivity index (χ0v) is 57.7. The molecule has 0 heterocycles. The van der Waals surface area contributed by atoms with Crippen molar-refractivity contribution in [2.75, 3.05) is 19.6 Å². The molecule has 0 aliphatic carbocycles. The number of carbonyl (C=O) groups is 10. The van der Waals surface area contributed by atoms with Gasteiger partial charge >= 0.3 is 0 Å². The van der Waals surface area contributed by atoms with Crippen molar-refractivity contribution in [3.63, 3.8) is 0 Å². The van der Waals surface area contributed by atoms with Crippen molar-refractivity contribution in [2.45, 2.75) is 272 Å². The molecule has 0 aliphatic heterocycles. The molecule has 0 saturated carbocycles. The van der Waals surface area contributed by atoms with E-state index in [1.807, 2.05) is 83.1 Å². The number of nitrogens with one attached hydrogen (secondary N) is 9. The second-order valence-corrected chi connectivity index (χ2v) is 27.3. The average molecular weight is 1300 g/mol. The van der Waals surface area contributed by atoms with Crippen molar-refractivity contribution in [3.05, 3.63) is 29.8 Å². The van der Waals surface area contributed by atoms with E-state index in [1.54, 1.807) is 24.3 Å². The van der Waals surface area contributed by atoms with Crippen LogP contribution in [0.3, 0.4) is 0 Å². The summed E-state index contributed by atoms with van der Waals surface area (Å²) in [5.41, 5.74) is 29.9. The summed E-state index contributed by atoms with van der Waals surface area (Å²) in [6.07, 6.45) is 5.39. The van der Waals surface area contributed by atoms with Gasteiger partial charge in [-0.1, -0.05) is 114 Å². The summed E-state index contributed by atoms with van der Waals surface area (Å²) in [4.78, 5) is 134. The Morgan fingerprint density at radius 1 is 0.337 bits per heavy atom. The van der Waals surface area contributed by atoms with Crippen LogP contribution in [0.2, 0.25) is 0 Å². The predicted octanol–water partition coefficient (Wildman–Crippen LogP) is 3.33. The molecule has 1 rings (SSSR count). The van der Waals surface area contributed by atoms with Gasteiger partial charge in [-0.05, 0) is 118 Å². The molecule has 526 valence electrons. The number of unbranched alkanes of at least 4 members (excludes halogenated alkanes) is 3. The van der Waals surface area contributed by atoms with Crippen LogP contribution >= 0.6 is 0 Å². The van der Waals surface area contributed by atoms with Gasteiger partial charge in [0, 0.05) is 125 Å². The fourth-order valence-electron chi connectivity index (χ4n) is 10.6. The lowest BCUT2D eigenvalue weighted by Gasteiger charge is -2.28. The molecular weight excluding hydrogens is 1180 g/mol. The van der Waals surface area contributed by atoms with E-state index in [1.165, 1.54) is 0 Å². The molecule has 92 heavy (non-hydrogen) atoms. The van der Waals surface area contributed by atoms with E-state index in [2.05, 4.69) is 47.9 Å². The average Bonchev–Trinajstić information content (AvgIpc) is 1.14. The number of hydrogen-bond donors (Lipinski definition) is 15. The number of carbonyl (C=O) groups excluding carboxylic acids is 10. The third-order valence-corrected chi connectivity index (χ3v) is 16.6. The third kappa shape index (κ3) is 37.9. The van der Waals surface area contributed by atoms with E-state index in [4.69, 9.17) is 28.7 Å². The lowest BCUT2D eigenvalue weighted by Crippen LogP contribution is -2.49. The second kappa shape index (κ2) is 45.8. The first-order chi connectivity index (χ1) is 43.2. The maximum atomic E-state index is 13.8. The Bertz CT molecular complexity index is 2390. The summed E-state index contributed by atoms with van der Waals surface area (Å²) in [7, 11) is 0. The number of rotatable bonds is 49. The first-order valence-electron chi connectivity index (χ1n) is 33.8. The maximum absolute atomic E-state index is 13.8. The van der Waals surface area contributed by atoms with Crippen LogP contribution in [0.15, 0.2) is 24.3 Å². The number of phenols is 1. The van der Waals surface area contributed by atoms with Gasteiger partial charge in [-0.3, -0.25) is 47.9 Å². The summed E-state index contributed by atoms with van der Waals surface area (Å²) in [5.74, 6) is -4.47. The minimum Gasteiger partial charge on any atom is -0.508 e. The molecule has 0 aromatic heterocycles. The lowest BCUT2D eigenvalue weighted by atomic mass is 9.96. The molecule has 0 bridgehead atoms. The molecule has 20 N–H and O–H groups in total. The van der Waals surface area contributed by atoms with Crippen LogP contribution in [-0.2, 0) is 54.4 Å². The number of benzene rings is 1. The van der Waals surface area contributed by atoms with Gasteiger partial charge in [-0.25, -0.2) is 0 Å². The largest absolute Gasteiger partial charge is 0.508 e. The van der Waals surface area contributed by atoms with Crippen molar-refractivity contribution in [3.8, 4) is 5.75 Å². The highest BCUT2D eigenvalue weighted by atomic mass is 16.3. The minimum atomic E-state index is -0.607. The molecule has 1 aromatic carbocycles. The van der Waals surface area contributed by atoms with E-state index in [0.29, 0.717) is 77.4 Å². The third-order valence-electron chi connectivity index (χ3n) is 16.6. The molecule has 1 aromatic rings. The van der Waals surface area contributed by atoms with Crippen LogP contribution in [0.25, 0.3) is 0 Å². The number of phenolic OH excluding ortho intramolecular Hbond substituents is 1. The van der Waals surface area contributed by atoms with E-state index < -0.39 is 66.3 Å². The van der Waals surface area contributed by atoms with Crippen LogP contribution in [0.4, 0.5) is 0 Å². The smallest absolute Gasteiger partial charge is 0.222 e. The van der Waals surface area contributed by atoms with E-state index in [-0.39, 0.29) is 159 Å². The van der Waals surface area contributed by atoms with Crippen LogP contribution in [0.5, 0.6) is 5.75 Å². The summed E-state index contributed by atoms with van der Waals surface area (Å²) in [6.45, 7) is 24.0. The second-order valence-electron chi connectivity index (χ2n) is 27.3. The Balaban J connectivity index is 3.01. The SMILES string of the molecule is CC(C)[C@@H](CC(=O)N[C@H](CCCCN)CC(=O)N[C@H](CC(=O)N[C@H](CC(=O)N[C@H](CCCCN)CC(=O)N[C@H](CC(=O)N[C@H](CC(=O)N[C@H](CCCCN)CC(N)=O)C(C)C)C(C)C)C(C)C)C(C)C)NC(=O)C[C@@H](NC(=O)C[C@H](N)Cc1ccc(O)cc1)C(C)C. The first-order valence-corrected chi connectivity index (χ1v) is 33.8. The molecule has 25 nitrogen and oxygen atoms in total. The standard InChI is InChI=1S/C67H122N14O11/c1-40(2)52(34-62(87)73-48(31-58(72)83)19-13-16-26-68)79-66(91)38-56(44(9)10)77-60(85)33-50(21-15-18-28-70)75-64(89)36-54(42(5)6)81-67(92)39-57(45(11)12)78-61(86)32-49(20-14-17-27-69)74-63(88)35-53(41(3)4)80-65(90)37-55(43(7)8)76-59(84)30-47(71)29-46-22-24-51(82)25-23-46/h22-25,40-45,47-50,52-57,82H,13-21,26-39,68-71H2,1-12H3,(H2,72,83)(H,73,87)(H,74,88)(H,75,89)(H,76,84)(H,77,85)(H,78,86)(H,79,91)(H,80,90)(H,81,92)/t47-,48-,49-,50-,52-,53-,54-,55-,56-,57-/m1/s1. The molecule has 10 amide bonds. The van der Waals surface area contributed by atoms with Crippen molar-refractivity contribution >= 4 is 59.1 Å². The van der Waals surface area contributed by atoms with Crippen LogP contribution in [0.1, 0.15) is 211 Å². The molecule has 0 unspecified atom stereocenters. The molecule has 0 fully saturated rings. The normalized spacial score (nSPS) is 14.9. The number of hydrogen-bond acceptors (Lipinski definition) is 15. The van der Waals surface area contributed by atoms with Gasteiger partial charge in [-0.2, -0.15) is 0 Å². The number of aromatic hydroxyl groups is 1. The number of primary amides is 1. The highest BCUT2D eigenvalue weighted by molar-refractivity contribution is 5.85. The lowest BCUT2D eigenvalue weighted by molar-refractivity contribution is -0.128. The van der Waals surface area contributed by atoms with E-state index in [9.17, 15) is 53.1 Å². The quantitative estimate of drug-likeness (QED) is 0.0416. The van der Waals surface area contributed by atoms with Gasteiger partial charge in [0.25, 0.3) is 0 Å². The van der Waals surface area contributed by atoms with E-state index in [0.717, 1.165) is 12.0 Å².